The molecule has 0 bridgehead atoms. The van der Waals surface area contributed by atoms with Gasteiger partial charge in [0.2, 0.25) is 0 Å². The van der Waals surface area contributed by atoms with Crippen molar-refractivity contribution in [3.8, 4) is 5.75 Å². The van der Waals surface area contributed by atoms with E-state index < -0.39 is 16.1 Å². The largest absolute Gasteiger partial charge is 0.497 e. The number of rotatable bonds is 7. The molecule has 32 heavy (non-hydrogen) atoms. The Kier molecular flexibility index (Phi) is 7.07. The van der Waals surface area contributed by atoms with Crippen LogP contribution in [-0.2, 0) is 10.0 Å². The van der Waals surface area contributed by atoms with Crippen LogP contribution in [-0.4, -0.2) is 27.3 Å². The number of carbonyl (C=O) groups excluding carboxylic acids is 2. The van der Waals surface area contributed by atoms with Gasteiger partial charge in [0.15, 0.2) is 5.78 Å². The Bertz CT molecular complexity index is 1250. The zero-order valence-electron chi connectivity index (χ0n) is 17.5. The maximum atomic E-state index is 12.7. The SMILES string of the molecule is COc1ccc(/C=C/C(=O)c2ccccc2NC(=O)NS(=O)(=O)c2ccc(C)cc2)cc1. The van der Waals surface area contributed by atoms with Crippen LogP contribution in [0.5, 0.6) is 5.75 Å². The number of aryl methyl sites for hydroxylation is 1. The number of benzene rings is 3. The first kappa shape index (κ1) is 22.8. The van der Waals surface area contributed by atoms with Crippen LogP contribution < -0.4 is 14.8 Å². The zero-order chi connectivity index (χ0) is 23.1. The average molecular weight is 451 g/mol. The maximum Gasteiger partial charge on any atom is 0.333 e. The molecule has 0 spiro atoms. The standard InChI is InChI=1S/C24H22N2O5S/c1-17-7-14-20(15-8-17)32(29,30)26-24(28)25-22-6-4-3-5-21(22)23(27)16-11-18-9-12-19(31-2)13-10-18/h3-16H,1-2H3,(H2,25,26,28)/b16-11+. The molecule has 2 amide bonds. The van der Waals surface area contributed by atoms with Gasteiger partial charge in [-0.15, -0.1) is 0 Å². The highest BCUT2D eigenvalue weighted by Gasteiger charge is 2.19. The number of ketones is 1. The predicted octanol–water partition coefficient (Wildman–Crippen LogP) is 4.41. The van der Waals surface area contributed by atoms with Gasteiger partial charge in [-0.3, -0.25) is 4.79 Å². The number of anilines is 1. The molecule has 164 valence electrons. The lowest BCUT2D eigenvalue weighted by Crippen LogP contribution is -2.34. The highest BCUT2D eigenvalue weighted by Crippen LogP contribution is 2.18. The topological polar surface area (TPSA) is 102 Å². The Labute approximate surface area is 186 Å². The minimum absolute atomic E-state index is 0.0370. The van der Waals surface area contributed by atoms with E-state index in [1.807, 2.05) is 11.6 Å². The summed E-state index contributed by atoms with van der Waals surface area (Å²) >= 11 is 0. The summed E-state index contributed by atoms with van der Waals surface area (Å²) in [6, 6.07) is 18.6. The smallest absolute Gasteiger partial charge is 0.333 e. The van der Waals surface area contributed by atoms with Crippen LogP contribution in [0.3, 0.4) is 0 Å². The monoisotopic (exact) mass is 450 g/mol. The van der Waals surface area contributed by atoms with E-state index in [1.54, 1.807) is 67.8 Å². The van der Waals surface area contributed by atoms with Gasteiger partial charge in [0, 0.05) is 5.56 Å². The molecular weight excluding hydrogens is 428 g/mol. The van der Waals surface area contributed by atoms with Crippen molar-refractivity contribution in [2.24, 2.45) is 0 Å². The van der Waals surface area contributed by atoms with Crippen molar-refractivity contribution in [1.29, 1.82) is 0 Å². The fourth-order valence-electron chi connectivity index (χ4n) is 2.83. The first-order valence-electron chi connectivity index (χ1n) is 9.64. The van der Waals surface area contributed by atoms with Crippen molar-refractivity contribution in [3.05, 3.63) is 95.6 Å². The summed E-state index contributed by atoms with van der Waals surface area (Å²) in [7, 11) is -2.48. The predicted molar refractivity (Wildman–Crippen MR) is 123 cm³/mol. The zero-order valence-corrected chi connectivity index (χ0v) is 18.3. The molecule has 3 aromatic rings. The third-order valence-electron chi connectivity index (χ3n) is 4.54. The van der Waals surface area contributed by atoms with Crippen LogP contribution in [0.1, 0.15) is 21.5 Å². The third kappa shape index (κ3) is 5.83. The van der Waals surface area contributed by atoms with Gasteiger partial charge in [0.25, 0.3) is 10.0 Å². The fraction of sp³-hybridized carbons (Fsp3) is 0.0833. The molecule has 0 fully saturated rings. The molecule has 0 heterocycles. The van der Waals surface area contributed by atoms with Gasteiger partial charge < -0.3 is 10.1 Å². The van der Waals surface area contributed by atoms with Crippen molar-refractivity contribution in [2.75, 3.05) is 12.4 Å². The molecule has 3 rings (SSSR count). The van der Waals surface area contributed by atoms with E-state index in [4.69, 9.17) is 4.74 Å². The Morgan fingerprint density at radius 2 is 1.56 bits per heavy atom. The molecule has 8 heteroatoms. The number of carbonyl (C=O) groups is 2. The molecule has 0 aliphatic rings. The summed E-state index contributed by atoms with van der Waals surface area (Å²) in [5.41, 5.74) is 2.10. The molecule has 0 aromatic heterocycles. The number of para-hydroxylation sites is 1. The number of allylic oxidation sites excluding steroid dienone is 1. The molecule has 0 aliphatic heterocycles. The van der Waals surface area contributed by atoms with E-state index in [-0.39, 0.29) is 21.9 Å². The highest BCUT2D eigenvalue weighted by molar-refractivity contribution is 7.90. The van der Waals surface area contributed by atoms with Gasteiger partial charge in [0.1, 0.15) is 5.75 Å². The molecule has 0 atom stereocenters. The molecule has 0 saturated heterocycles. The summed E-state index contributed by atoms with van der Waals surface area (Å²) in [6.07, 6.45) is 3.02. The molecule has 3 aromatic carbocycles. The summed E-state index contributed by atoms with van der Waals surface area (Å²) < 4.78 is 31.9. The number of amides is 2. The van der Waals surface area contributed by atoms with Crippen LogP contribution in [0.4, 0.5) is 10.5 Å². The first-order valence-corrected chi connectivity index (χ1v) is 11.1. The lowest BCUT2D eigenvalue weighted by Gasteiger charge is -2.11. The summed E-state index contributed by atoms with van der Waals surface area (Å²) in [5.74, 6) is 0.354. The van der Waals surface area contributed by atoms with Crippen molar-refractivity contribution >= 4 is 33.6 Å². The van der Waals surface area contributed by atoms with Crippen molar-refractivity contribution < 1.29 is 22.7 Å². The second kappa shape index (κ2) is 9.93. The van der Waals surface area contributed by atoms with E-state index in [1.165, 1.54) is 24.3 Å². The van der Waals surface area contributed by atoms with Gasteiger partial charge in [-0.25, -0.2) is 17.9 Å². The quantitative estimate of drug-likeness (QED) is 0.410. The maximum absolute atomic E-state index is 12.7. The number of urea groups is 1. The fourth-order valence-corrected chi connectivity index (χ4v) is 3.74. The molecular formula is C24H22N2O5S. The van der Waals surface area contributed by atoms with Gasteiger partial charge >= 0.3 is 6.03 Å². The van der Waals surface area contributed by atoms with Gasteiger partial charge in [-0.05, 0) is 55.0 Å². The van der Waals surface area contributed by atoms with E-state index in [0.29, 0.717) is 5.75 Å². The van der Waals surface area contributed by atoms with E-state index in [2.05, 4.69) is 5.32 Å². The first-order chi connectivity index (χ1) is 15.3. The van der Waals surface area contributed by atoms with Gasteiger partial charge in [-0.1, -0.05) is 48.0 Å². The number of ether oxygens (including phenoxy) is 1. The highest BCUT2D eigenvalue weighted by atomic mass is 32.2. The third-order valence-corrected chi connectivity index (χ3v) is 5.89. The number of hydrogen-bond acceptors (Lipinski definition) is 5. The van der Waals surface area contributed by atoms with Crippen LogP contribution in [0.2, 0.25) is 0 Å². The molecule has 0 aliphatic carbocycles. The second-order valence-corrected chi connectivity index (χ2v) is 8.57. The average Bonchev–Trinajstić information content (AvgIpc) is 2.78. The molecule has 0 saturated carbocycles. The minimum Gasteiger partial charge on any atom is -0.497 e. The summed E-state index contributed by atoms with van der Waals surface area (Å²) in [5, 5.41) is 2.44. The second-order valence-electron chi connectivity index (χ2n) is 6.89. The number of nitrogens with one attached hydrogen (secondary N) is 2. The van der Waals surface area contributed by atoms with E-state index in [0.717, 1.165) is 11.1 Å². The Morgan fingerprint density at radius 3 is 2.22 bits per heavy atom. The Morgan fingerprint density at radius 1 is 0.906 bits per heavy atom. The Hall–Kier alpha value is -3.91. The number of hydrogen-bond donors (Lipinski definition) is 2. The van der Waals surface area contributed by atoms with E-state index in [9.17, 15) is 18.0 Å². The molecule has 0 unspecified atom stereocenters. The van der Waals surface area contributed by atoms with Crippen LogP contribution in [0.15, 0.2) is 83.8 Å². The van der Waals surface area contributed by atoms with Crippen molar-refractivity contribution in [2.45, 2.75) is 11.8 Å². The molecule has 0 radical (unpaired) electrons. The van der Waals surface area contributed by atoms with Crippen LogP contribution >= 0.6 is 0 Å². The normalized spacial score (nSPS) is 11.2. The lowest BCUT2D eigenvalue weighted by molar-refractivity contribution is 0.104. The number of methoxy groups -OCH3 is 1. The molecule has 7 nitrogen and oxygen atoms in total. The lowest BCUT2D eigenvalue weighted by atomic mass is 10.1. The summed E-state index contributed by atoms with van der Waals surface area (Å²) in [4.78, 5) is 25.0. The molecule has 2 N–H and O–H groups in total. The van der Waals surface area contributed by atoms with Crippen LogP contribution in [0.25, 0.3) is 6.08 Å². The Balaban J connectivity index is 1.72. The minimum atomic E-state index is -4.05. The van der Waals surface area contributed by atoms with Gasteiger partial charge in [0.05, 0.1) is 17.7 Å². The van der Waals surface area contributed by atoms with Crippen molar-refractivity contribution in [1.82, 2.24) is 4.72 Å². The van der Waals surface area contributed by atoms with Gasteiger partial charge in [-0.2, -0.15) is 0 Å². The van der Waals surface area contributed by atoms with Crippen molar-refractivity contribution in [3.63, 3.8) is 0 Å². The van der Waals surface area contributed by atoms with Crippen LogP contribution in [0, 0.1) is 6.92 Å². The summed E-state index contributed by atoms with van der Waals surface area (Å²) in [6.45, 7) is 1.83. The number of sulfonamides is 1. The van der Waals surface area contributed by atoms with E-state index >= 15 is 0 Å².